The summed E-state index contributed by atoms with van der Waals surface area (Å²) in [5.74, 6) is -0.271. The lowest BCUT2D eigenvalue weighted by Gasteiger charge is -2.36. The molecule has 2 atom stereocenters. The number of nitrogens with zero attached hydrogens (tertiary/aromatic N) is 1. The lowest BCUT2D eigenvalue weighted by Crippen LogP contribution is -2.48. The quantitative estimate of drug-likeness (QED) is 0.872. The fourth-order valence-corrected chi connectivity index (χ4v) is 3.01. The average Bonchev–Trinajstić information content (AvgIpc) is 2.38. The molecule has 1 heterocycles. The number of likely N-dealkylation sites (tertiary alicyclic amines) is 1. The Morgan fingerprint density at radius 2 is 2.05 bits per heavy atom. The van der Waals surface area contributed by atoms with Gasteiger partial charge in [-0.25, -0.2) is 0 Å². The highest BCUT2D eigenvalue weighted by molar-refractivity contribution is 6.30. The Morgan fingerprint density at radius 1 is 1.35 bits per heavy atom. The van der Waals surface area contributed by atoms with E-state index in [-0.39, 0.29) is 12.5 Å². The molecule has 0 radical (unpaired) electrons. The normalized spacial score (nSPS) is 23.7. The highest BCUT2D eigenvalue weighted by atomic mass is 35.5. The first-order valence-corrected chi connectivity index (χ1v) is 7.35. The van der Waals surface area contributed by atoms with Crippen LogP contribution >= 0.6 is 11.6 Å². The molecule has 1 saturated heterocycles. The Balaban J connectivity index is 1.90. The lowest BCUT2D eigenvalue weighted by atomic mass is 9.89. The second-order valence-electron chi connectivity index (χ2n) is 5.60. The first-order chi connectivity index (χ1) is 9.52. The summed E-state index contributed by atoms with van der Waals surface area (Å²) >= 11 is 5.89. The maximum atomic E-state index is 10.7. The van der Waals surface area contributed by atoms with Crippen molar-refractivity contribution in [3.8, 4) is 0 Å². The molecule has 3 N–H and O–H groups in total. The fourth-order valence-electron chi connectivity index (χ4n) is 2.89. The highest BCUT2D eigenvalue weighted by Crippen LogP contribution is 2.21. The van der Waals surface area contributed by atoms with Crippen molar-refractivity contribution in [2.45, 2.75) is 25.3 Å². The van der Waals surface area contributed by atoms with E-state index >= 15 is 0 Å². The highest BCUT2D eigenvalue weighted by Gasteiger charge is 2.25. The third kappa shape index (κ3) is 4.78. The van der Waals surface area contributed by atoms with E-state index in [0.29, 0.717) is 12.5 Å². The summed E-state index contributed by atoms with van der Waals surface area (Å²) in [6.07, 6.45) is 2.14. The summed E-state index contributed by atoms with van der Waals surface area (Å²) < 4.78 is 0. The number of aliphatic carboxylic acids is 1. The maximum Gasteiger partial charge on any atom is 0.304 e. The first-order valence-electron chi connectivity index (χ1n) is 6.97. The van der Waals surface area contributed by atoms with Crippen LogP contribution in [0.5, 0.6) is 0 Å². The number of carboxylic acid groups (broad SMARTS) is 1. The number of piperidine rings is 1. The molecular weight excluding hydrogens is 276 g/mol. The number of rotatable bonds is 5. The van der Waals surface area contributed by atoms with Gasteiger partial charge in [0, 0.05) is 30.7 Å². The van der Waals surface area contributed by atoms with Crippen LogP contribution in [0.15, 0.2) is 24.3 Å². The minimum absolute atomic E-state index is 0.134. The zero-order chi connectivity index (χ0) is 14.5. The van der Waals surface area contributed by atoms with Gasteiger partial charge < -0.3 is 15.7 Å². The van der Waals surface area contributed by atoms with Crippen molar-refractivity contribution in [2.75, 3.05) is 19.6 Å². The minimum Gasteiger partial charge on any atom is -0.481 e. The SMILES string of the molecule is NC1CC(Cc2ccc(Cl)cc2)CN(CCC(=O)O)C1. The molecule has 1 fully saturated rings. The van der Waals surface area contributed by atoms with Crippen molar-refractivity contribution in [3.05, 3.63) is 34.9 Å². The topological polar surface area (TPSA) is 66.6 Å². The number of hydrogen-bond acceptors (Lipinski definition) is 3. The van der Waals surface area contributed by atoms with E-state index in [1.54, 1.807) is 0 Å². The number of halogens is 1. The molecule has 1 aromatic carbocycles. The van der Waals surface area contributed by atoms with Gasteiger partial charge in [-0.1, -0.05) is 23.7 Å². The van der Waals surface area contributed by atoms with Crippen LogP contribution in [0.3, 0.4) is 0 Å². The molecule has 0 bridgehead atoms. The van der Waals surface area contributed by atoms with Gasteiger partial charge in [-0.2, -0.15) is 0 Å². The summed E-state index contributed by atoms with van der Waals surface area (Å²) in [6.45, 7) is 2.30. The third-order valence-electron chi connectivity index (χ3n) is 3.72. The van der Waals surface area contributed by atoms with Crippen LogP contribution in [0.4, 0.5) is 0 Å². The van der Waals surface area contributed by atoms with Crippen LogP contribution in [0.2, 0.25) is 5.02 Å². The van der Waals surface area contributed by atoms with Crippen LogP contribution in [-0.2, 0) is 11.2 Å². The second-order valence-corrected chi connectivity index (χ2v) is 6.03. The Bertz CT molecular complexity index is 450. The van der Waals surface area contributed by atoms with Crippen LogP contribution in [0.1, 0.15) is 18.4 Å². The Kier molecular flexibility index (Phi) is 5.40. The summed E-state index contributed by atoms with van der Waals surface area (Å²) in [7, 11) is 0. The smallest absolute Gasteiger partial charge is 0.304 e. The number of carboxylic acids is 1. The number of carbonyl (C=O) groups is 1. The van der Waals surface area contributed by atoms with Gasteiger partial charge in [0.25, 0.3) is 0 Å². The Morgan fingerprint density at radius 3 is 2.70 bits per heavy atom. The Labute approximate surface area is 124 Å². The lowest BCUT2D eigenvalue weighted by molar-refractivity contribution is -0.137. The van der Waals surface area contributed by atoms with Gasteiger partial charge >= 0.3 is 5.97 Å². The molecule has 1 aliphatic heterocycles. The average molecular weight is 297 g/mol. The van der Waals surface area contributed by atoms with Crippen LogP contribution < -0.4 is 5.73 Å². The largest absolute Gasteiger partial charge is 0.481 e. The van der Waals surface area contributed by atoms with E-state index in [1.807, 2.05) is 24.3 Å². The summed E-state index contributed by atoms with van der Waals surface area (Å²) in [5, 5.41) is 9.51. The van der Waals surface area contributed by atoms with Gasteiger partial charge in [0.2, 0.25) is 0 Å². The van der Waals surface area contributed by atoms with Gasteiger partial charge in [0.15, 0.2) is 0 Å². The molecule has 4 nitrogen and oxygen atoms in total. The van der Waals surface area contributed by atoms with Crippen LogP contribution in [0, 0.1) is 5.92 Å². The molecular formula is C15H21ClN2O2. The fraction of sp³-hybridized carbons (Fsp3) is 0.533. The van der Waals surface area contributed by atoms with E-state index in [2.05, 4.69) is 4.90 Å². The number of benzene rings is 1. The van der Waals surface area contributed by atoms with Gasteiger partial charge in [-0.3, -0.25) is 4.79 Å². The predicted molar refractivity (Wildman–Crippen MR) is 79.9 cm³/mol. The Hall–Kier alpha value is -1.10. The number of hydrogen-bond donors (Lipinski definition) is 2. The van der Waals surface area contributed by atoms with Crippen LogP contribution in [-0.4, -0.2) is 41.7 Å². The molecule has 1 aromatic rings. The van der Waals surface area contributed by atoms with Gasteiger partial charge in [0.1, 0.15) is 0 Å². The molecule has 2 rings (SSSR count). The van der Waals surface area contributed by atoms with E-state index < -0.39 is 5.97 Å². The zero-order valence-electron chi connectivity index (χ0n) is 11.5. The molecule has 0 aliphatic carbocycles. The molecule has 0 spiro atoms. The molecule has 2 unspecified atom stereocenters. The van der Waals surface area contributed by atoms with Crippen LogP contribution in [0.25, 0.3) is 0 Å². The molecule has 110 valence electrons. The van der Waals surface area contributed by atoms with Crippen molar-refractivity contribution in [1.82, 2.24) is 4.90 Å². The van der Waals surface area contributed by atoms with E-state index in [4.69, 9.17) is 22.4 Å². The molecule has 1 aliphatic rings. The molecule has 5 heteroatoms. The van der Waals surface area contributed by atoms with E-state index in [9.17, 15) is 4.79 Å². The van der Waals surface area contributed by atoms with E-state index in [0.717, 1.165) is 31.0 Å². The van der Waals surface area contributed by atoms with Gasteiger partial charge in [0.05, 0.1) is 6.42 Å². The van der Waals surface area contributed by atoms with Gasteiger partial charge in [-0.05, 0) is 36.5 Å². The van der Waals surface area contributed by atoms with Crippen molar-refractivity contribution in [2.24, 2.45) is 11.7 Å². The summed E-state index contributed by atoms with van der Waals surface area (Å²) in [4.78, 5) is 12.8. The van der Waals surface area contributed by atoms with E-state index in [1.165, 1.54) is 5.56 Å². The minimum atomic E-state index is -0.751. The third-order valence-corrected chi connectivity index (χ3v) is 3.98. The maximum absolute atomic E-state index is 10.7. The summed E-state index contributed by atoms with van der Waals surface area (Å²) in [6, 6.07) is 8.03. The zero-order valence-corrected chi connectivity index (χ0v) is 12.2. The predicted octanol–water partition coefficient (Wildman–Crippen LogP) is 2.01. The molecule has 20 heavy (non-hydrogen) atoms. The standard InChI is InChI=1S/C15H21ClN2O2/c16-13-3-1-11(2-4-13)7-12-8-14(17)10-18(9-12)6-5-15(19)20/h1-4,12,14H,5-10,17H2,(H,19,20). The van der Waals surface area contributed by atoms with Crippen molar-refractivity contribution >= 4 is 17.6 Å². The molecule has 0 aromatic heterocycles. The second kappa shape index (κ2) is 7.07. The van der Waals surface area contributed by atoms with Crippen molar-refractivity contribution in [3.63, 3.8) is 0 Å². The monoisotopic (exact) mass is 296 g/mol. The molecule has 0 saturated carbocycles. The number of nitrogens with two attached hydrogens (primary N) is 1. The first kappa shape index (κ1) is 15.3. The van der Waals surface area contributed by atoms with Gasteiger partial charge in [-0.15, -0.1) is 0 Å². The molecule has 0 amide bonds. The van der Waals surface area contributed by atoms with Crippen molar-refractivity contribution in [1.29, 1.82) is 0 Å². The van der Waals surface area contributed by atoms with Crippen molar-refractivity contribution < 1.29 is 9.90 Å². The summed E-state index contributed by atoms with van der Waals surface area (Å²) in [5.41, 5.74) is 7.35.